The first-order valence-electron chi connectivity index (χ1n) is 6.70. The normalized spacial score (nSPS) is 9.86. The van der Waals surface area contributed by atoms with Gasteiger partial charge in [0.25, 0.3) is 11.8 Å². The van der Waals surface area contributed by atoms with E-state index < -0.39 is 5.91 Å². The molecule has 6 heteroatoms. The fourth-order valence-corrected chi connectivity index (χ4v) is 1.75. The summed E-state index contributed by atoms with van der Waals surface area (Å²) >= 11 is 0. The highest BCUT2D eigenvalue weighted by Gasteiger charge is 2.14. The molecule has 0 unspecified atom stereocenters. The summed E-state index contributed by atoms with van der Waals surface area (Å²) in [5.41, 5.74) is 1.70. The van der Waals surface area contributed by atoms with Crippen molar-refractivity contribution in [2.45, 2.75) is 6.92 Å². The molecule has 2 amide bonds. The van der Waals surface area contributed by atoms with Crippen LogP contribution in [0.4, 0.5) is 5.69 Å². The number of rotatable bonds is 5. The van der Waals surface area contributed by atoms with Gasteiger partial charge in [-0.25, -0.2) is 4.98 Å². The molecular weight excluding hydrogens is 280 g/mol. The van der Waals surface area contributed by atoms with E-state index in [4.69, 9.17) is 0 Å². The first-order chi connectivity index (χ1) is 10.6. The number of nitrogens with zero attached hydrogens (tertiary/aromatic N) is 2. The summed E-state index contributed by atoms with van der Waals surface area (Å²) in [6.45, 7) is 5.68. The summed E-state index contributed by atoms with van der Waals surface area (Å²) in [6, 6.07) is 6.75. The molecule has 112 valence electrons. The zero-order chi connectivity index (χ0) is 15.9. The SMILES string of the molecule is C=CCNC(=O)c1ccccc1NC(=O)c1cnc(C)cn1. The smallest absolute Gasteiger partial charge is 0.275 e. The molecule has 0 aliphatic heterocycles. The number of para-hydroxylation sites is 1. The number of carbonyl (C=O) groups excluding carboxylic acids is 2. The second kappa shape index (κ2) is 7.12. The number of benzene rings is 1. The quantitative estimate of drug-likeness (QED) is 0.826. The van der Waals surface area contributed by atoms with Crippen molar-refractivity contribution >= 4 is 17.5 Å². The molecule has 0 aliphatic rings. The Balaban J connectivity index is 2.18. The van der Waals surface area contributed by atoms with E-state index in [1.165, 1.54) is 12.4 Å². The summed E-state index contributed by atoms with van der Waals surface area (Å²) in [6.07, 6.45) is 4.49. The Morgan fingerprint density at radius 1 is 1.18 bits per heavy atom. The molecule has 0 saturated carbocycles. The van der Waals surface area contributed by atoms with E-state index in [9.17, 15) is 9.59 Å². The van der Waals surface area contributed by atoms with Crippen molar-refractivity contribution in [2.75, 3.05) is 11.9 Å². The van der Waals surface area contributed by atoms with Gasteiger partial charge in [0, 0.05) is 12.7 Å². The van der Waals surface area contributed by atoms with Crippen molar-refractivity contribution < 1.29 is 9.59 Å². The minimum absolute atomic E-state index is 0.187. The monoisotopic (exact) mass is 296 g/mol. The summed E-state index contributed by atoms with van der Waals surface area (Å²) in [4.78, 5) is 32.2. The fourth-order valence-electron chi connectivity index (χ4n) is 1.75. The minimum atomic E-state index is -0.420. The van der Waals surface area contributed by atoms with E-state index in [1.807, 2.05) is 0 Å². The van der Waals surface area contributed by atoms with Gasteiger partial charge < -0.3 is 10.6 Å². The Bertz CT molecular complexity index is 696. The van der Waals surface area contributed by atoms with Crippen LogP contribution in [0.2, 0.25) is 0 Å². The van der Waals surface area contributed by atoms with Gasteiger partial charge in [0.2, 0.25) is 0 Å². The van der Waals surface area contributed by atoms with Gasteiger partial charge in [0.1, 0.15) is 5.69 Å². The van der Waals surface area contributed by atoms with Crippen LogP contribution in [0.3, 0.4) is 0 Å². The van der Waals surface area contributed by atoms with Gasteiger partial charge in [-0.15, -0.1) is 6.58 Å². The number of anilines is 1. The minimum Gasteiger partial charge on any atom is -0.349 e. The Labute approximate surface area is 128 Å². The summed E-state index contributed by atoms with van der Waals surface area (Å²) < 4.78 is 0. The van der Waals surface area contributed by atoms with E-state index in [0.29, 0.717) is 17.8 Å². The fraction of sp³-hybridized carbons (Fsp3) is 0.125. The van der Waals surface area contributed by atoms with E-state index in [1.54, 1.807) is 37.3 Å². The lowest BCUT2D eigenvalue weighted by Crippen LogP contribution is -2.25. The maximum Gasteiger partial charge on any atom is 0.275 e. The van der Waals surface area contributed by atoms with Gasteiger partial charge in [-0.05, 0) is 19.1 Å². The van der Waals surface area contributed by atoms with Gasteiger partial charge in [-0.3, -0.25) is 14.6 Å². The van der Waals surface area contributed by atoms with Crippen LogP contribution in [0.5, 0.6) is 0 Å². The molecule has 0 fully saturated rings. The number of carbonyl (C=O) groups is 2. The van der Waals surface area contributed by atoms with Crippen LogP contribution >= 0.6 is 0 Å². The van der Waals surface area contributed by atoms with Gasteiger partial charge in [-0.2, -0.15) is 0 Å². The standard InChI is InChI=1S/C16H16N4O2/c1-3-8-17-15(21)12-6-4-5-7-13(12)20-16(22)14-10-18-11(2)9-19-14/h3-7,9-10H,1,8H2,2H3,(H,17,21)(H,20,22). The molecule has 0 atom stereocenters. The molecule has 0 spiro atoms. The van der Waals surface area contributed by atoms with Gasteiger partial charge in [0.05, 0.1) is 23.1 Å². The molecule has 22 heavy (non-hydrogen) atoms. The number of aromatic nitrogens is 2. The molecule has 0 radical (unpaired) electrons. The Morgan fingerprint density at radius 2 is 1.95 bits per heavy atom. The first-order valence-corrected chi connectivity index (χ1v) is 6.70. The Morgan fingerprint density at radius 3 is 2.64 bits per heavy atom. The van der Waals surface area contributed by atoms with E-state index in [2.05, 4.69) is 27.2 Å². The first kappa shape index (κ1) is 15.4. The number of hydrogen-bond acceptors (Lipinski definition) is 4. The van der Waals surface area contributed by atoms with Crippen molar-refractivity contribution in [1.29, 1.82) is 0 Å². The molecule has 1 aromatic heterocycles. The summed E-state index contributed by atoms with van der Waals surface area (Å²) in [7, 11) is 0. The zero-order valence-corrected chi connectivity index (χ0v) is 12.2. The van der Waals surface area contributed by atoms with Crippen LogP contribution in [0.1, 0.15) is 26.5 Å². The predicted octanol–water partition coefficient (Wildman–Crippen LogP) is 1.95. The average Bonchev–Trinajstić information content (AvgIpc) is 2.53. The van der Waals surface area contributed by atoms with Gasteiger partial charge >= 0.3 is 0 Å². The topological polar surface area (TPSA) is 84.0 Å². The Kier molecular flexibility index (Phi) is 4.98. The van der Waals surface area contributed by atoms with Crippen LogP contribution in [0, 0.1) is 6.92 Å². The van der Waals surface area contributed by atoms with E-state index in [0.717, 1.165) is 5.69 Å². The molecule has 2 aromatic rings. The maximum atomic E-state index is 12.2. The molecule has 2 rings (SSSR count). The lowest BCUT2D eigenvalue weighted by atomic mass is 10.1. The number of nitrogens with one attached hydrogen (secondary N) is 2. The van der Waals surface area contributed by atoms with E-state index >= 15 is 0 Å². The summed E-state index contributed by atoms with van der Waals surface area (Å²) in [5, 5.41) is 5.35. The van der Waals surface area contributed by atoms with Crippen LogP contribution in [0.15, 0.2) is 49.3 Å². The van der Waals surface area contributed by atoms with Gasteiger partial charge in [0.15, 0.2) is 0 Å². The third-order valence-corrected chi connectivity index (χ3v) is 2.84. The number of aryl methyl sites for hydroxylation is 1. The van der Waals surface area contributed by atoms with Crippen LogP contribution < -0.4 is 10.6 Å². The molecule has 1 heterocycles. The van der Waals surface area contributed by atoms with Crippen molar-refractivity contribution in [3.05, 3.63) is 66.3 Å². The largest absolute Gasteiger partial charge is 0.349 e. The van der Waals surface area contributed by atoms with Crippen LogP contribution in [-0.4, -0.2) is 28.3 Å². The van der Waals surface area contributed by atoms with Crippen molar-refractivity contribution in [3.8, 4) is 0 Å². The molecule has 0 saturated heterocycles. The Hall–Kier alpha value is -3.02. The van der Waals surface area contributed by atoms with Crippen molar-refractivity contribution in [2.24, 2.45) is 0 Å². The highest BCUT2D eigenvalue weighted by atomic mass is 16.2. The molecule has 1 aromatic carbocycles. The molecule has 2 N–H and O–H groups in total. The third kappa shape index (κ3) is 3.76. The maximum absolute atomic E-state index is 12.2. The molecule has 0 bridgehead atoms. The number of amides is 2. The van der Waals surface area contributed by atoms with Gasteiger partial charge in [-0.1, -0.05) is 18.2 Å². The number of hydrogen-bond donors (Lipinski definition) is 2. The highest BCUT2D eigenvalue weighted by Crippen LogP contribution is 2.15. The van der Waals surface area contributed by atoms with E-state index in [-0.39, 0.29) is 11.6 Å². The second-order valence-electron chi connectivity index (χ2n) is 4.54. The molecular formula is C16H16N4O2. The lowest BCUT2D eigenvalue weighted by Gasteiger charge is -2.10. The van der Waals surface area contributed by atoms with Crippen molar-refractivity contribution in [1.82, 2.24) is 15.3 Å². The third-order valence-electron chi connectivity index (χ3n) is 2.84. The van der Waals surface area contributed by atoms with Crippen molar-refractivity contribution in [3.63, 3.8) is 0 Å². The second-order valence-corrected chi connectivity index (χ2v) is 4.54. The van der Waals surface area contributed by atoms with Crippen LogP contribution in [-0.2, 0) is 0 Å². The summed E-state index contributed by atoms with van der Waals surface area (Å²) in [5.74, 6) is -0.706. The predicted molar refractivity (Wildman–Crippen MR) is 83.7 cm³/mol. The van der Waals surface area contributed by atoms with Crippen LogP contribution in [0.25, 0.3) is 0 Å². The highest BCUT2D eigenvalue weighted by molar-refractivity contribution is 6.08. The zero-order valence-electron chi connectivity index (χ0n) is 12.2. The molecule has 0 aliphatic carbocycles. The molecule has 6 nitrogen and oxygen atoms in total. The average molecular weight is 296 g/mol. The lowest BCUT2D eigenvalue weighted by molar-refractivity contribution is 0.0959.